The Morgan fingerprint density at radius 3 is 1.70 bits per heavy atom. The minimum Gasteiger partial charge on any atom is -0.310 e. The van der Waals surface area contributed by atoms with Gasteiger partial charge in [0.2, 0.25) is 0 Å². The quantitative estimate of drug-likeness (QED) is 0.156. The fourth-order valence-corrected chi connectivity index (χ4v) is 7.76. The summed E-state index contributed by atoms with van der Waals surface area (Å²) in [5.41, 5.74) is -27.6. The SMILES string of the molecule is [2H]c1c([2H])c([2H])c2c(c1[2H])-c1c([2H])c([2H])c(N(c3c([2H])c([2H])c(-c4c([2H])c([2H])c5c([2H])c([2H])c([2H])c([2H])c5c4-c4c([2H])c([2H])c([2H])c5c4-c4c([2H])c([2H])c([2H])c([2H])c4C5(C([2H])([2H])[2H])C([2H])([2H])[2H])c([2H])c3[2H])c3c([2H])c4c([2H])c([2H])c([2H])c([2H])c4c4c([2H])c([2H])c([2H])c([2H])c34)c([2H])c1C2(C([2H])([2H])[2H])C([2H])([2H])[2H]. The molecule has 2 aliphatic carbocycles. The number of hydrogen-bond acceptors (Lipinski definition) is 1. The van der Waals surface area contributed by atoms with Crippen molar-refractivity contribution in [3.63, 3.8) is 0 Å². The fraction of sp³-hybridized carbons (Fsp3) is 0.100. The molecule has 0 aromatic heterocycles. The van der Waals surface area contributed by atoms with Gasteiger partial charge in [-0.25, -0.2) is 0 Å². The molecule has 1 nitrogen and oxygen atoms in total. The zero-order valence-electron chi connectivity index (χ0n) is 75.4. The van der Waals surface area contributed by atoms with E-state index in [1.807, 2.05) is 0 Å². The Labute approximate surface area is 421 Å². The minimum atomic E-state index is -4.19. The van der Waals surface area contributed by atoms with Crippen molar-refractivity contribution in [3.05, 3.63) is 222 Å². The molecular formula is C60H45N. The van der Waals surface area contributed by atoms with E-state index < -0.39 is 354 Å². The molecule has 0 bridgehead atoms. The van der Waals surface area contributed by atoms with E-state index in [0.717, 1.165) is 0 Å². The van der Waals surface area contributed by atoms with Gasteiger partial charge in [0.05, 0.1) is 50.9 Å². The molecule has 12 rings (SSSR count). The van der Waals surface area contributed by atoms with Crippen LogP contribution in [-0.2, 0) is 10.8 Å². The molecule has 61 heavy (non-hydrogen) atoms. The monoisotopic (exact) mass is 825 g/mol. The van der Waals surface area contributed by atoms with Gasteiger partial charge in [-0.15, -0.1) is 0 Å². The number of anilines is 3. The Balaban J connectivity index is 1.38. The predicted molar refractivity (Wildman–Crippen MR) is 260 cm³/mol. The lowest BCUT2D eigenvalue weighted by Crippen LogP contribution is -2.16. The molecule has 0 atom stereocenters. The third kappa shape index (κ3) is 5.20. The van der Waals surface area contributed by atoms with Crippen LogP contribution in [0, 0.1) is 0 Å². The van der Waals surface area contributed by atoms with Crippen molar-refractivity contribution in [3.8, 4) is 44.5 Å². The first-order valence-corrected chi connectivity index (χ1v) is 17.9. The smallest absolute Gasteiger partial charge is 0.0652 e. The topological polar surface area (TPSA) is 3.24 Å². The lowest BCUT2D eigenvalue weighted by Gasteiger charge is -2.30. The van der Waals surface area contributed by atoms with Crippen LogP contribution >= 0.6 is 0 Å². The molecule has 0 fully saturated rings. The summed E-state index contributed by atoms with van der Waals surface area (Å²) in [6.07, 6.45) is 0. The maximum Gasteiger partial charge on any atom is 0.0652 e. The van der Waals surface area contributed by atoms with Gasteiger partial charge in [0.15, 0.2) is 0 Å². The largest absolute Gasteiger partial charge is 0.310 e. The van der Waals surface area contributed by atoms with E-state index in [1.54, 1.807) is 0 Å². The maximum absolute atomic E-state index is 10.4. The molecule has 10 aromatic rings. The summed E-state index contributed by atoms with van der Waals surface area (Å²) in [7, 11) is 0. The number of benzene rings is 10. The van der Waals surface area contributed by atoms with E-state index >= 15 is 0 Å². The van der Waals surface area contributed by atoms with Gasteiger partial charge in [0, 0.05) is 44.0 Å². The molecule has 0 spiro atoms. The molecule has 0 unspecified atom stereocenters. The maximum atomic E-state index is 10.4. The molecule has 2 aliphatic rings. The number of nitrogens with zero attached hydrogens (tertiary/aromatic N) is 1. The third-order valence-corrected chi connectivity index (χ3v) is 10.4. The molecule has 0 saturated carbocycles. The highest BCUT2D eigenvalue weighted by Gasteiger charge is 2.38. The van der Waals surface area contributed by atoms with Crippen molar-refractivity contribution in [2.24, 2.45) is 0 Å². The number of rotatable bonds is 5. The minimum absolute atomic E-state index is 0.0814. The normalized spacial score (nSPS) is 25.5. The third-order valence-electron chi connectivity index (χ3n) is 10.4. The second kappa shape index (κ2) is 13.1. The van der Waals surface area contributed by atoms with Crippen LogP contribution < -0.4 is 4.90 Å². The molecule has 0 N–H and O–H groups in total. The standard InChI is InChI=1S/C60H45N/c1-59(2)53-26-14-12-23-50(53)58-51(24-15-27-54(58)59)57-44-19-8-5-16-38(44)30-34-45(57)39-28-31-41(32-29-39)61(56-36-40-17-6-7-18-43(40)46-20-9-10-22-49(46)56)42-33-35-48-47-21-11-13-25-52(47)60(3,4)55(48)37-42/h5-37H,1-4H3/i1D3,2D3,3D3,4D3,5D,6D,7D,8D,9D,10D,11D,12D,13D,14D,15D,16D,17D,18D,19D,20D,21D,22D,23D,24D,25D,26D,27D,28D,29D,30D,31D,32D,33D,34D,35D,36D,37D. The highest BCUT2D eigenvalue weighted by Crippen LogP contribution is 2.55. The van der Waals surface area contributed by atoms with E-state index in [9.17, 15) is 27.4 Å². The van der Waals surface area contributed by atoms with Crippen LogP contribution in [0.5, 0.6) is 0 Å². The number of fused-ring (bicyclic) bond motifs is 10. The van der Waals surface area contributed by atoms with E-state index in [4.69, 9.17) is 34.3 Å². The van der Waals surface area contributed by atoms with Gasteiger partial charge in [-0.05, 0) is 124 Å². The van der Waals surface area contributed by atoms with Crippen molar-refractivity contribution >= 4 is 49.4 Å². The Hall–Kier alpha value is -7.22. The molecule has 290 valence electrons. The van der Waals surface area contributed by atoms with Gasteiger partial charge < -0.3 is 4.90 Å². The van der Waals surface area contributed by atoms with Crippen LogP contribution in [0.25, 0.3) is 76.8 Å². The van der Waals surface area contributed by atoms with E-state index in [0.29, 0.717) is 0 Å². The molecule has 0 saturated heterocycles. The lowest BCUT2D eigenvalue weighted by atomic mass is 9.81. The second-order valence-electron chi connectivity index (χ2n) is 13.8. The van der Waals surface area contributed by atoms with Crippen molar-refractivity contribution in [1.82, 2.24) is 0 Å². The average Bonchev–Trinajstić information content (AvgIpc) is 1.49. The summed E-state index contributed by atoms with van der Waals surface area (Å²) in [6.45, 7) is -16.6. The van der Waals surface area contributed by atoms with E-state index in [1.165, 1.54) is 0 Å². The Kier molecular flexibility index (Phi) is 2.68. The summed E-state index contributed by atoms with van der Waals surface area (Å²) in [6, 6.07) is -44.7. The number of hydrogen-bond donors (Lipinski definition) is 0. The predicted octanol–water partition coefficient (Wildman–Crippen LogP) is 16.6. The molecule has 10 aromatic carbocycles. The van der Waals surface area contributed by atoms with Crippen LogP contribution in [0.3, 0.4) is 0 Å². The van der Waals surface area contributed by atoms with Crippen LogP contribution in [0.4, 0.5) is 17.1 Å². The Bertz CT molecular complexity index is 5760. The highest BCUT2D eigenvalue weighted by molar-refractivity contribution is 6.15. The van der Waals surface area contributed by atoms with Gasteiger partial charge in [-0.2, -0.15) is 0 Å². The first kappa shape index (κ1) is 12.4. The molecule has 0 radical (unpaired) electrons. The molecule has 0 heterocycles. The van der Waals surface area contributed by atoms with Crippen LogP contribution in [0.1, 0.15) is 111 Å². The average molecular weight is 825 g/mol. The summed E-state index contributed by atoms with van der Waals surface area (Å²) in [4.78, 5) is 0.0814. The summed E-state index contributed by atoms with van der Waals surface area (Å²) >= 11 is 0. The summed E-state index contributed by atoms with van der Waals surface area (Å²) in [5, 5.41) is -6.19. The zero-order chi connectivity index (χ0) is 79.8. The Morgan fingerprint density at radius 1 is 0.361 bits per heavy atom. The first-order chi connectivity index (χ1) is 48.5. The van der Waals surface area contributed by atoms with Gasteiger partial charge >= 0.3 is 0 Å². The first-order valence-electron chi connectivity index (χ1n) is 40.4. The summed E-state index contributed by atoms with van der Waals surface area (Å²) < 4.78 is 420. The second-order valence-corrected chi connectivity index (χ2v) is 13.8. The van der Waals surface area contributed by atoms with Gasteiger partial charge in [-0.1, -0.05) is 197 Å². The van der Waals surface area contributed by atoms with Crippen LogP contribution in [-0.4, -0.2) is 0 Å². The summed E-state index contributed by atoms with van der Waals surface area (Å²) in [5.74, 6) is 0. The molecular weight excluding hydrogens is 735 g/mol. The van der Waals surface area contributed by atoms with Gasteiger partial charge in [-0.3, -0.25) is 0 Å². The van der Waals surface area contributed by atoms with E-state index in [2.05, 4.69) is 0 Å². The van der Waals surface area contributed by atoms with Gasteiger partial charge in [0.25, 0.3) is 0 Å². The van der Waals surface area contributed by atoms with Crippen LogP contribution in [0.2, 0.25) is 0 Å². The molecule has 1 heteroatoms. The van der Waals surface area contributed by atoms with Crippen molar-refractivity contribution in [2.75, 3.05) is 4.90 Å². The van der Waals surface area contributed by atoms with Crippen molar-refractivity contribution in [1.29, 1.82) is 0 Å². The van der Waals surface area contributed by atoms with E-state index in [-0.39, 0.29) is 4.90 Å². The fourth-order valence-electron chi connectivity index (χ4n) is 7.76. The van der Waals surface area contributed by atoms with Crippen LogP contribution in [0.15, 0.2) is 199 Å². The van der Waals surface area contributed by atoms with Gasteiger partial charge in [0.1, 0.15) is 0 Å². The van der Waals surface area contributed by atoms with Crippen molar-refractivity contribution < 1.29 is 61.7 Å². The Morgan fingerprint density at radius 2 is 0.918 bits per heavy atom. The van der Waals surface area contributed by atoms with Crippen molar-refractivity contribution in [2.45, 2.75) is 38.2 Å². The highest BCUT2D eigenvalue weighted by atomic mass is 15.1. The molecule has 0 amide bonds. The lowest BCUT2D eigenvalue weighted by molar-refractivity contribution is 0.660. The zero-order valence-corrected chi connectivity index (χ0v) is 30.4. The molecule has 0 aliphatic heterocycles.